The molecule has 1 aromatic carbocycles. The van der Waals surface area contributed by atoms with E-state index in [1.807, 2.05) is 56.8 Å². The minimum atomic E-state index is -0.436. The first kappa shape index (κ1) is 15.6. The fourth-order valence-corrected chi connectivity index (χ4v) is 2.93. The molecule has 0 spiro atoms. The monoisotopic (exact) mass is 336 g/mol. The largest absolute Gasteiger partial charge is 0.418 e. The summed E-state index contributed by atoms with van der Waals surface area (Å²) in [6, 6.07) is 7.92. The number of anilines is 1. The average Bonchev–Trinajstić information content (AvgIpc) is 3.17. The molecule has 3 N–H and O–H groups in total. The molecule has 0 aliphatic rings. The highest BCUT2D eigenvalue weighted by Gasteiger charge is 2.20. The molecule has 3 aromatic heterocycles. The van der Waals surface area contributed by atoms with Crippen LogP contribution in [-0.4, -0.2) is 26.6 Å². The van der Waals surface area contributed by atoms with Gasteiger partial charge in [0, 0.05) is 25.2 Å². The number of aromatic nitrogens is 4. The Labute approximate surface area is 144 Å². The van der Waals surface area contributed by atoms with Crippen LogP contribution in [-0.2, 0) is 12.6 Å². The molecular weight excluding hydrogens is 316 g/mol. The maximum atomic E-state index is 6.21. The Hall–Kier alpha value is -2.93. The number of nitrogens with two attached hydrogens (primary N) is 1. The Kier molecular flexibility index (Phi) is 3.30. The molecule has 7 heteroatoms. The van der Waals surface area contributed by atoms with E-state index in [-0.39, 0.29) is 0 Å². The van der Waals surface area contributed by atoms with Crippen LogP contribution in [0.2, 0.25) is 0 Å². The van der Waals surface area contributed by atoms with Crippen LogP contribution in [0.1, 0.15) is 19.4 Å². The second-order valence-electron chi connectivity index (χ2n) is 6.74. The number of nitrogens with one attached hydrogen (secondary N) is 1. The van der Waals surface area contributed by atoms with Gasteiger partial charge in [0.1, 0.15) is 11.0 Å². The van der Waals surface area contributed by atoms with Crippen LogP contribution in [0.5, 0.6) is 0 Å². The van der Waals surface area contributed by atoms with E-state index in [1.54, 1.807) is 6.33 Å². The summed E-state index contributed by atoms with van der Waals surface area (Å²) in [5, 5.41) is 3.06. The summed E-state index contributed by atoms with van der Waals surface area (Å²) < 4.78 is 7.88. The number of benzene rings is 1. The number of pyridine rings is 1. The number of fused-ring (bicyclic) bond motifs is 3. The maximum Gasteiger partial charge on any atom is 0.251 e. The normalized spacial score (nSPS) is 12.2. The van der Waals surface area contributed by atoms with Crippen LogP contribution in [0.15, 0.2) is 35.0 Å². The van der Waals surface area contributed by atoms with Gasteiger partial charge in [0.2, 0.25) is 5.89 Å². The zero-order valence-corrected chi connectivity index (χ0v) is 14.7. The van der Waals surface area contributed by atoms with E-state index in [2.05, 4.69) is 20.3 Å². The molecule has 0 radical (unpaired) electrons. The molecule has 4 rings (SSSR count). The van der Waals surface area contributed by atoms with E-state index in [0.29, 0.717) is 22.9 Å². The van der Waals surface area contributed by atoms with Crippen molar-refractivity contribution in [3.63, 3.8) is 0 Å². The summed E-state index contributed by atoms with van der Waals surface area (Å²) in [4.78, 5) is 13.6. The Balaban J connectivity index is 1.96. The van der Waals surface area contributed by atoms with Crippen molar-refractivity contribution >= 4 is 28.1 Å². The van der Waals surface area contributed by atoms with E-state index in [0.717, 1.165) is 22.2 Å². The SMILES string of the molecule is CNc1nc2oc(-c3cccc(C(C)(C)N)c3)nc2c2c1ncn2C. The Morgan fingerprint density at radius 2 is 2.00 bits per heavy atom. The van der Waals surface area contributed by atoms with E-state index in [9.17, 15) is 0 Å². The summed E-state index contributed by atoms with van der Waals surface area (Å²) in [6.07, 6.45) is 1.75. The molecule has 0 unspecified atom stereocenters. The summed E-state index contributed by atoms with van der Waals surface area (Å²) in [6.45, 7) is 3.94. The Bertz CT molecular complexity index is 1090. The minimum absolute atomic E-state index is 0.436. The van der Waals surface area contributed by atoms with Crippen LogP contribution >= 0.6 is 0 Å². The van der Waals surface area contributed by atoms with Crippen LogP contribution in [0.25, 0.3) is 33.7 Å². The quantitative estimate of drug-likeness (QED) is 0.597. The van der Waals surface area contributed by atoms with Crippen molar-refractivity contribution in [2.45, 2.75) is 19.4 Å². The third-order valence-corrected chi connectivity index (χ3v) is 4.30. The van der Waals surface area contributed by atoms with Crippen molar-refractivity contribution in [2.75, 3.05) is 12.4 Å². The van der Waals surface area contributed by atoms with Gasteiger partial charge in [0.25, 0.3) is 5.71 Å². The van der Waals surface area contributed by atoms with Crippen LogP contribution in [0.3, 0.4) is 0 Å². The van der Waals surface area contributed by atoms with Crippen molar-refractivity contribution < 1.29 is 4.42 Å². The number of aryl methyl sites for hydroxylation is 1. The van der Waals surface area contributed by atoms with Crippen molar-refractivity contribution in [3.05, 3.63) is 36.2 Å². The van der Waals surface area contributed by atoms with Crippen LogP contribution in [0.4, 0.5) is 5.82 Å². The highest BCUT2D eigenvalue weighted by atomic mass is 16.4. The number of rotatable bonds is 3. The van der Waals surface area contributed by atoms with Crippen molar-refractivity contribution in [3.8, 4) is 11.5 Å². The Morgan fingerprint density at radius 3 is 2.72 bits per heavy atom. The predicted octanol–water partition coefficient (Wildman–Crippen LogP) is 3.01. The van der Waals surface area contributed by atoms with Gasteiger partial charge in [-0.05, 0) is 31.5 Å². The smallest absolute Gasteiger partial charge is 0.251 e. The molecule has 128 valence electrons. The lowest BCUT2D eigenvalue weighted by Crippen LogP contribution is -2.28. The second kappa shape index (κ2) is 5.29. The molecule has 25 heavy (non-hydrogen) atoms. The first-order valence-electron chi connectivity index (χ1n) is 8.07. The average molecular weight is 336 g/mol. The van der Waals surface area contributed by atoms with E-state index in [1.165, 1.54) is 0 Å². The standard InChI is InChI=1S/C18H20N6O/c1-18(2,19)11-7-5-6-10(8-11)16-22-13-14-12(21-9-24(14)4)15(20-3)23-17(13)25-16/h5-9H,19H2,1-4H3,(H,20,23). The summed E-state index contributed by atoms with van der Waals surface area (Å²) in [5.74, 6) is 1.19. The molecule has 4 aromatic rings. The first-order valence-corrected chi connectivity index (χ1v) is 8.07. The van der Waals surface area contributed by atoms with Gasteiger partial charge < -0.3 is 20.0 Å². The lowest BCUT2D eigenvalue weighted by atomic mass is 9.94. The van der Waals surface area contributed by atoms with Gasteiger partial charge in [-0.25, -0.2) is 9.97 Å². The van der Waals surface area contributed by atoms with Gasteiger partial charge in [-0.1, -0.05) is 12.1 Å². The molecule has 0 aliphatic carbocycles. The summed E-state index contributed by atoms with van der Waals surface area (Å²) >= 11 is 0. The van der Waals surface area contributed by atoms with Gasteiger partial charge in [-0.15, -0.1) is 0 Å². The number of oxazole rings is 1. The number of hydrogen-bond acceptors (Lipinski definition) is 6. The highest BCUT2D eigenvalue weighted by molar-refractivity contribution is 6.03. The van der Waals surface area contributed by atoms with Gasteiger partial charge in [-0.3, -0.25) is 0 Å². The molecule has 0 saturated carbocycles. The molecule has 0 bridgehead atoms. The molecule has 0 atom stereocenters. The predicted molar refractivity (Wildman–Crippen MR) is 98.3 cm³/mol. The lowest BCUT2D eigenvalue weighted by molar-refractivity contribution is 0.554. The van der Waals surface area contributed by atoms with Gasteiger partial charge in [-0.2, -0.15) is 4.98 Å². The van der Waals surface area contributed by atoms with E-state index >= 15 is 0 Å². The van der Waals surface area contributed by atoms with Gasteiger partial charge >= 0.3 is 0 Å². The van der Waals surface area contributed by atoms with Gasteiger partial charge in [0.15, 0.2) is 11.3 Å². The molecule has 0 amide bonds. The van der Waals surface area contributed by atoms with E-state index in [4.69, 9.17) is 10.2 Å². The minimum Gasteiger partial charge on any atom is -0.418 e. The number of nitrogens with zero attached hydrogens (tertiary/aromatic N) is 4. The third-order valence-electron chi connectivity index (χ3n) is 4.30. The zero-order valence-electron chi connectivity index (χ0n) is 14.7. The van der Waals surface area contributed by atoms with E-state index < -0.39 is 5.54 Å². The van der Waals surface area contributed by atoms with Crippen molar-refractivity contribution in [2.24, 2.45) is 12.8 Å². The van der Waals surface area contributed by atoms with Crippen molar-refractivity contribution in [1.82, 2.24) is 19.5 Å². The summed E-state index contributed by atoms with van der Waals surface area (Å²) in [5.41, 5.74) is 10.5. The maximum absolute atomic E-state index is 6.21. The second-order valence-corrected chi connectivity index (χ2v) is 6.74. The zero-order chi connectivity index (χ0) is 17.8. The fraction of sp³-hybridized carbons (Fsp3) is 0.278. The summed E-state index contributed by atoms with van der Waals surface area (Å²) in [7, 11) is 3.74. The fourth-order valence-electron chi connectivity index (χ4n) is 2.93. The molecular formula is C18H20N6O. The topological polar surface area (TPSA) is 94.8 Å². The Morgan fingerprint density at radius 1 is 1.20 bits per heavy atom. The lowest BCUT2D eigenvalue weighted by Gasteiger charge is -2.19. The van der Waals surface area contributed by atoms with Crippen LogP contribution < -0.4 is 11.1 Å². The molecule has 7 nitrogen and oxygen atoms in total. The molecule has 0 saturated heterocycles. The number of hydrogen-bond donors (Lipinski definition) is 2. The molecule has 3 heterocycles. The molecule has 0 fully saturated rings. The number of imidazole rings is 1. The highest BCUT2D eigenvalue weighted by Crippen LogP contribution is 2.32. The third kappa shape index (κ3) is 2.44. The van der Waals surface area contributed by atoms with Crippen molar-refractivity contribution in [1.29, 1.82) is 0 Å². The van der Waals surface area contributed by atoms with Gasteiger partial charge in [0.05, 0.1) is 6.33 Å². The first-order chi connectivity index (χ1) is 11.9. The van der Waals surface area contributed by atoms with Crippen LogP contribution in [0, 0.1) is 0 Å². The molecule has 0 aliphatic heterocycles.